The van der Waals surface area contributed by atoms with Crippen molar-refractivity contribution in [3.05, 3.63) is 48.0 Å². The lowest BCUT2D eigenvalue weighted by atomic mass is 10.1. The number of nitrogens with one attached hydrogen (secondary N) is 2. The molecule has 0 spiro atoms. The molecule has 1 atom stereocenters. The minimum Gasteiger partial charge on any atom is -0.507 e. The average Bonchev–Trinajstić information content (AvgIpc) is 2.71. The van der Waals surface area contributed by atoms with Crippen molar-refractivity contribution in [1.82, 2.24) is 0 Å². The number of benzene rings is 2. The Balaban J connectivity index is 2.04. The van der Waals surface area contributed by atoms with Gasteiger partial charge < -0.3 is 26.0 Å². The average molecular weight is 446 g/mol. The van der Waals surface area contributed by atoms with E-state index in [-0.39, 0.29) is 30.0 Å². The summed E-state index contributed by atoms with van der Waals surface area (Å²) in [6, 6.07) is 10.6. The predicted octanol–water partition coefficient (Wildman–Crippen LogP) is 3.40. The van der Waals surface area contributed by atoms with Crippen LogP contribution >= 0.6 is 11.8 Å². The van der Waals surface area contributed by atoms with Gasteiger partial charge in [0.15, 0.2) is 0 Å². The zero-order chi connectivity index (χ0) is 23.0. The number of carbonyl (C=O) groups is 4. The first kappa shape index (κ1) is 23.7. The number of amides is 2. The Morgan fingerprint density at radius 3 is 2.32 bits per heavy atom. The molecular weight excluding hydrogens is 424 g/mol. The Morgan fingerprint density at radius 2 is 1.68 bits per heavy atom. The molecule has 2 rings (SSSR count). The lowest BCUT2D eigenvalue weighted by Gasteiger charge is -2.16. The second kappa shape index (κ2) is 11.0. The van der Waals surface area contributed by atoms with E-state index >= 15 is 0 Å². The van der Waals surface area contributed by atoms with E-state index in [1.165, 1.54) is 30.0 Å². The van der Waals surface area contributed by atoms with Crippen LogP contribution < -0.4 is 10.6 Å². The molecule has 2 amide bonds. The van der Waals surface area contributed by atoms with Gasteiger partial charge in [0.25, 0.3) is 0 Å². The lowest BCUT2D eigenvalue weighted by molar-refractivity contribution is -0.138. The van der Waals surface area contributed by atoms with Crippen LogP contribution in [0.3, 0.4) is 0 Å². The van der Waals surface area contributed by atoms with E-state index < -0.39 is 28.8 Å². The molecule has 0 aliphatic heterocycles. The van der Waals surface area contributed by atoms with Gasteiger partial charge in [-0.3, -0.25) is 14.4 Å². The van der Waals surface area contributed by atoms with Gasteiger partial charge in [0.1, 0.15) is 11.3 Å². The van der Waals surface area contributed by atoms with Crippen molar-refractivity contribution in [3.8, 4) is 5.75 Å². The highest BCUT2D eigenvalue weighted by Crippen LogP contribution is 2.29. The Labute approximate surface area is 182 Å². The van der Waals surface area contributed by atoms with Crippen molar-refractivity contribution in [3.63, 3.8) is 0 Å². The van der Waals surface area contributed by atoms with Crippen LogP contribution in [0.5, 0.6) is 5.75 Å². The Kier molecular flexibility index (Phi) is 8.44. The third-order valence-electron chi connectivity index (χ3n) is 4.12. The molecule has 31 heavy (non-hydrogen) atoms. The number of carboxylic acids is 2. The van der Waals surface area contributed by atoms with E-state index in [4.69, 9.17) is 10.2 Å². The van der Waals surface area contributed by atoms with Gasteiger partial charge in [-0.1, -0.05) is 13.0 Å². The van der Waals surface area contributed by atoms with Crippen molar-refractivity contribution in [2.75, 3.05) is 10.6 Å². The number of aromatic hydroxyl groups is 1. The summed E-state index contributed by atoms with van der Waals surface area (Å²) in [6.07, 6.45) is 0.0758. The fourth-order valence-corrected chi connectivity index (χ4v) is 3.60. The first-order chi connectivity index (χ1) is 14.7. The molecule has 0 saturated heterocycles. The molecule has 0 bridgehead atoms. The highest BCUT2D eigenvalue weighted by Gasteiger charge is 2.19. The van der Waals surface area contributed by atoms with Gasteiger partial charge in [0, 0.05) is 22.7 Å². The van der Waals surface area contributed by atoms with Crippen molar-refractivity contribution in [2.45, 2.75) is 36.3 Å². The molecule has 0 aromatic heterocycles. The number of hydrogen-bond acceptors (Lipinski definition) is 6. The van der Waals surface area contributed by atoms with Crippen molar-refractivity contribution in [1.29, 1.82) is 0 Å². The minimum absolute atomic E-state index is 0.141. The number of phenols is 1. The highest BCUT2D eigenvalue weighted by atomic mass is 32.2. The zero-order valence-electron chi connectivity index (χ0n) is 16.6. The molecule has 0 saturated carbocycles. The third-order valence-corrected chi connectivity index (χ3v) is 5.48. The van der Waals surface area contributed by atoms with Crippen LogP contribution in [0.15, 0.2) is 47.4 Å². The van der Waals surface area contributed by atoms with Gasteiger partial charge in [0.2, 0.25) is 11.8 Å². The number of aliphatic carboxylic acids is 1. The summed E-state index contributed by atoms with van der Waals surface area (Å²) in [6.45, 7) is 1.83. The van der Waals surface area contributed by atoms with Crippen molar-refractivity contribution >= 4 is 46.9 Å². The summed E-state index contributed by atoms with van der Waals surface area (Å²) >= 11 is 1.27. The molecule has 0 aliphatic carbocycles. The van der Waals surface area contributed by atoms with Gasteiger partial charge >= 0.3 is 11.9 Å². The smallest absolute Gasteiger partial charge is 0.339 e. The van der Waals surface area contributed by atoms with Crippen LogP contribution in [0.4, 0.5) is 11.4 Å². The maximum Gasteiger partial charge on any atom is 0.339 e. The number of carbonyl (C=O) groups excluding carboxylic acids is 2. The third kappa shape index (κ3) is 7.34. The normalized spacial score (nSPS) is 11.4. The van der Waals surface area contributed by atoms with Crippen LogP contribution in [0.2, 0.25) is 0 Å². The summed E-state index contributed by atoms with van der Waals surface area (Å²) in [7, 11) is 0. The summed E-state index contributed by atoms with van der Waals surface area (Å²) in [4.78, 5) is 46.9. The fourth-order valence-electron chi connectivity index (χ4n) is 2.59. The topological polar surface area (TPSA) is 153 Å². The Bertz CT molecular complexity index is 993. The van der Waals surface area contributed by atoms with E-state index in [0.717, 1.165) is 4.90 Å². The van der Waals surface area contributed by atoms with E-state index in [0.29, 0.717) is 12.1 Å². The highest BCUT2D eigenvalue weighted by molar-refractivity contribution is 8.00. The van der Waals surface area contributed by atoms with Crippen LogP contribution in [0, 0.1) is 0 Å². The molecule has 164 valence electrons. The molecule has 9 nitrogen and oxygen atoms in total. The van der Waals surface area contributed by atoms with Gasteiger partial charge in [-0.05, 0) is 42.8 Å². The Hall–Kier alpha value is -3.53. The largest absolute Gasteiger partial charge is 0.507 e. The second-order valence-corrected chi connectivity index (χ2v) is 7.79. The van der Waals surface area contributed by atoms with Crippen LogP contribution in [0.1, 0.15) is 36.5 Å². The second-order valence-electron chi connectivity index (χ2n) is 6.51. The molecule has 2 aromatic rings. The number of thioether (sulfide) groups is 1. The van der Waals surface area contributed by atoms with Crippen molar-refractivity contribution in [2.24, 2.45) is 0 Å². The van der Waals surface area contributed by atoms with E-state index in [1.807, 2.05) is 6.92 Å². The lowest BCUT2D eigenvalue weighted by Crippen LogP contribution is -2.24. The molecule has 0 radical (unpaired) electrons. The van der Waals surface area contributed by atoms with Crippen LogP contribution in [-0.2, 0) is 14.4 Å². The molecule has 5 N–H and O–H groups in total. The number of anilines is 2. The molecule has 0 aliphatic rings. The van der Waals surface area contributed by atoms with Gasteiger partial charge in [-0.15, -0.1) is 11.8 Å². The molecular formula is C21H22N2O7S. The molecule has 1 unspecified atom stereocenters. The van der Waals surface area contributed by atoms with E-state index in [2.05, 4.69) is 10.6 Å². The number of aromatic carboxylic acids is 1. The van der Waals surface area contributed by atoms with Gasteiger partial charge in [-0.25, -0.2) is 4.79 Å². The Morgan fingerprint density at radius 1 is 0.968 bits per heavy atom. The van der Waals surface area contributed by atoms with Crippen LogP contribution in [-0.4, -0.2) is 44.3 Å². The fraction of sp³-hybridized carbons (Fsp3) is 0.238. The van der Waals surface area contributed by atoms with Crippen molar-refractivity contribution < 1.29 is 34.5 Å². The summed E-state index contributed by atoms with van der Waals surface area (Å²) < 4.78 is 0. The first-order valence-electron chi connectivity index (χ1n) is 9.35. The predicted molar refractivity (Wildman–Crippen MR) is 116 cm³/mol. The number of hydrogen-bond donors (Lipinski definition) is 5. The summed E-state index contributed by atoms with van der Waals surface area (Å²) in [5.41, 5.74) is 0.420. The summed E-state index contributed by atoms with van der Waals surface area (Å²) in [5, 5.41) is 32.1. The first-order valence-corrected chi connectivity index (χ1v) is 10.2. The van der Waals surface area contributed by atoms with E-state index in [1.54, 1.807) is 24.3 Å². The number of rotatable bonds is 10. The quantitative estimate of drug-likeness (QED) is 0.275. The van der Waals surface area contributed by atoms with E-state index in [9.17, 15) is 24.3 Å². The monoisotopic (exact) mass is 446 g/mol. The molecule has 0 fully saturated rings. The number of carboxylic acid groups (broad SMARTS) is 2. The standard InChI is InChI=1S/C21H22N2O7S/c1-2-17(20(28)23-13-6-7-16(24)15(11-13)21(29)30)31-14-5-3-4-12(10-14)22-18(25)8-9-19(26)27/h3-7,10-11,17,24H,2,8-9H2,1H3,(H,22,25)(H,23,28)(H,26,27)(H,29,30). The molecule has 0 heterocycles. The molecule has 2 aromatic carbocycles. The SMILES string of the molecule is CCC(Sc1cccc(NC(=O)CCC(=O)O)c1)C(=O)Nc1ccc(O)c(C(=O)O)c1. The maximum atomic E-state index is 12.7. The maximum absolute atomic E-state index is 12.7. The molecule has 10 heteroatoms. The van der Waals surface area contributed by atoms with Gasteiger partial charge in [0.05, 0.1) is 11.7 Å². The van der Waals surface area contributed by atoms with Gasteiger partial charge in [-0.2, -0.15) is 0 Å². The summed E-state index contributed by atoms with van der Waals surface area (Å²) in [5.74, 6) is -3.52. The van der Waals surface area contributed by atoms with Crippen LogP contribution in [0.25, 0.3) is 0 Å². The zero-order valence-corrected chi connectivity index (χ0v) is 17.4. The minimum atomic E-state index is -1.31.